The van der Waals surface area contributed by atoms with Crippen molar-refractivity contribution in [3.05, 3.63) is 59.2 Å². The third-order valence-electron chi connectivity index (χ3n) is 2.62. The highest BCUT2D eigenvalue weighted by Gasteiger charge is 2.06. The van der Waals surface area contributed by atoms with Crippen LogP contribution in [0.25, 0.3) is 0 Å². The SMILES string of the molecule is C[C@@H](NC(=S)Nc1ccc(Cl)cn1)c1ccccc1. The maximum Gasteiger partial charge on any atom is 0.172 e. The van der Waals surface area contributed by atoms with Gasteiger partial charge in [-0.2, -0.15) is 0 Å². The van der Waals surface area contributed by atoms with Crippen LogP contribution in [0.3, 0.4) is 0 Å². The van der Waals surface area contributed by atoms with Gasteiger partial charge in [-0.3, -0.25) is 0 Å². The molecule has 19 heavy (non-hydrogen) atoms. The minimum atomic E-state index is 0.133. The van der Waals surface area contributed by atoms with Gasteiger partial charge in [0.1, 0.15) is 5.82 Å². The summed E-state index contributed by atoms with van der Waals surface area (Å²) < 4.78 is 0. The first-order valence-corrected chi connectivity index (χ1v) is 6.68. The zero-order valence-corrected chi connectivity index (χ0v) is 12.0. The number of pyridine rings is 1. The number of thiocarbonyl (C=S) groups is 1. The molecule has 0 saturated carbocycles. The summed E-state index contributed by atoms with van der Waals surface area (Å²) in [5, 5.41) is 7.36. The van der Waals surface area contributed by atoms with Crippen molar-refractivity contribution < 1.29 is 0 Å². The summed E-state index contributed by atoms with van der Waals surface area (Å²) in [7, 11) is 0. The van der Waals surface area contributed by atoms with E-state index in [4.69, 9.17) is 23.8 Å². The fourth-order valence-corrected chi connectivity index (χ4v) is 2.02. The fourth-order valence-electron chi connectivity index (χ4n) is 1.62. The molecule has 0 aliphatic carbocycles. The van der Waals surface area contributed by atoms with Gasteiger partial charge < -0.3 is 10.6 Å². The predicted molar refractivity (Wildman–Crippen MR) is 83.5 cm³/mol. The molecule has 98 valence electrons. The summed E-state index contributed by atoms with van der Waals surface area (Å²) in [6.45, 7) is 2.05. The molecule has 1 heterocycles. The van der Waals surface area contributed by atoms with E-state index in [-0.39, 0.29) is 6.04 Å². The molecule has 1 aromatic carbocycles. The number of hydrogen-bond acceptors (Lipinski definition) is 2. The zero-order chi connectivity index (χ0) is 13.7. The summed E-state index contributed by atoms with van der Waals surface area (Å²) in [5.74, 6) is 0.669. The summed E-state index contributed by atoms with van der Waals surface area (Å²) in [5.41, 5.74) is 1.18. The molecule has 0 fully saturated rings. The van der Waals surface area contributed by atoms with Gasteiger partial charge in [-0.05, 0) is 36.8 Å². The van der Waals surface area contributed by atoms with E-state index < -0.39 is 0 Å². The largest absolute Gasteiger partial charge is 0.356 e. The van der Waals surface area contributed by atoms with Gasteiger partial charge in [0, 0.05) is 6.20 Å². The molecule has 0 spiro atoms. The van der Waals surface area contributed by atoms with Crippen molar-refractivity contribution >= 4 is 34.7 Å². The maximum atomic E-state index is 5.77. The molecule has 0 unspecified atom stereocenters. The second kappa shape index (κ2) is 6.50. The summed E-state index contributed by atoms with van der Waals surface area (Å²) in [6.07, 6.45) is 1.58. The van der Waals surface area contributed by atoms with Gasteiger partial charge >= 0.3 is 0 Å². The fraction of sp³-hybridized carbons (Fsp3) is 0.143. The number of benzene rings is 1. The highest BCUT2D eigenvalue weighted by atomic mass is 35.5. The Bertz CT molecular complexity index is 542. The molecule has 0 radical (unpaired) electrons. The van der Waals surface area contributed by atoms with E-state index in [0.717, 1.165) is 0 Å². The van der Waals surface area contributed by atoms with Crippen molar-refractivity contribution in [3.8, 4) is 0 Å². The van der Waals surface area contributed by atoms with Gasteiger partial charge in [0.2, 0.25) is 0 Å². The van der Waals surface area contributed by atoms with Crippen molar-refractivity contribution in [1.82, 2.24) is 10.3 Å². The first-order chi connectivity index (χ1) is 9.15. The Morgan fingerprint density at radius 1 is 1.21 bits per heavy atom. The Kier molecular flexibility index (Phi) is 4.71. The third kappa shape index (κ3) is 4.19. The summed E-state index contributed by atoms with van der Waals surface area (Å²) in [6, 6.07) is 13.8. The van der Waals surface area contributed by atoms with Gasteiger partial charge in [0.05, 0.1) is 11.1 Å². The van der Waals surface area contributed by atoms with Gasteiger partial charge in [-0.1, -0.05) is 41.9 Å². The number of rotatable bonds is 3. The minimum absolute atomic E-state index is 0.133. The summed E-state index contributed by atoms with van der Waals surface area (Å²) in [4.78, 5) is 4.13. The van der Waals surface area contributed by atoms with E-state index in [2.05, 4.69) is 34.7 Å². The Morgan fingerprint density at radius 2 is 1.95 bits per heavy atom. The second-order valence-electron chi connectivity index (χ2n) is 4.09. The molecule has 1 atom stereocenters. The number of nitrogens with one attached hydrogen (secondary N) is 2. The first-order valence-electron chi connectivity index (χ1n) is 5.89. The topological polar surface area (TPSA) is 37.0 Å². The zero-order valence-electron chi connectivity index (χ0n) is 10.4. The molecular weight excluding hydrogens is 278 g/mol. The van der Waals surface area contributed by atoms with Crippen LogP contribution in [0.4, 0.5) is 5.82 Å². The lowest BCUT2D eigenvalue weighted by Gasteiger charge is -2.16. The molecule has 0 aliphatic rings. The number of hydrogen-bond donors (Lipinski definition) is 2. The molecule has 0 amide bonds. The van der Waals surface area contributed by atoms with E-state index >= 15 is 0 Å². The van der Waals surface area contributed by atoms with Crippen LogP contribution in [-0.4, -0.2) is 10.1 Å². The van der Waals surface area contributed by atoms with Gasteiger partial charge in [-0.25, -0.2) is 4.98 Å². The molecule has 0 bridgehead atoms. The average Bonchev–Trinajstić information content (AvgIpc) is 2.42. The van der Waals surface area contributed by atoms with Gasteiger partial charge in [0.15, 0.2) is 5.11 Å². The van der Waals surface area contributed by atoms with E-state index in [0.29, 0.717) is 16.0 Å². The predicted octanol–water partition coefficient (Wildman–Crippen LogP) is 3.78. The van der Waals surface area contributed by atoms with Crippen LogP contribution in [0.15, 0.2) is 48.7 Å². The number of halogens is 1. The van der Waals surface area contributed by atoms with E-state index in [1.807, 2.05) is 18.2 Å². The second-order valence-corrected chi connectivity index (χ2v) is 4.94. The quantitative estimate of drug-likeness (QED) is 0.844. The molecule has 5 heteroatoms. The van der Waals surface area contributed by atoms with E-state index in [1.54, 1.807) is 18.3 Å². The lowest BCUT2D eigenvalue weighted by atomic mass is 10.1. The molecule has 2 rings (SSSR count). The highest BCUT2D eigenvalue weighted by molar-refractivity contribution is 7.80. The number of nitrogens with zero attached hydrogens (tertiary/aromatic N) is 1. The lowest BCUT2D eigenvalue weighted by Crippen LogP contribution is -2.31. The normalized spacial score (nSPS) is 11.7. The van der Waals surface area contributed by atoms with Crippen molar-refractivity contribution in [2.45, 2.75) is 13.0 Å². The van der Waals surface area contributed by atoms with Gasteiger partial charge in [-0.15, -0.1) is 0 Å². The van der Waals surface area contributed by atoms with Crippen LogP contribution < -0.4 is 10.6 Å². The molecule has 2 aromatic rings. The van der Waals surface area contributed by atoms with Crippen LogP contribution in [0.2, 0.25) is 5.02 Å². The molecular formula is C14H14ClN3S. The lowest BCUT2D eigenvalue weighted by molar-refractivity contribution is 0.722. The van der Waals surface area contributed by atoms with E-state index in [9.17, 15) is 0 Å². The maximum absolute atomic E-state index is 5.77. The Balaban J connectivity index is 1.93. The average molecular weight is 292 g/mol. The third-order valence-corrected chi connectivity index (χ3v) is 3.06. The van der Waals surface area contributed by atoms with Crippen molar-refractivity contribution in [1.29, 1.82) is 0 Å². The molecule has 0 saturated heterocycles. The van der Waals surface area contributed by atoms with Crippen LogP contribution >= 0.6 is 23.8 Å². The van der Waals surface area contributed by atoms with Crippen molar-refractivity contribution in [2.24, 2.45) is 0 Å². The summed E-state index contributed by atoms with van der Waals surface area (Å²) >= 11 is 11.0. The van der Waals surface area contributed by atoms with E-state index in [1.165, 1.54) is 5.56 Å². The first kappa shape index (κ1) is 13.8. The molecule has 1 aromatic heterocycles. The Morgan fingerprint density at radius 3 is 2.58 bits per heavy atom. The van der Waals surface area contributed by atoms with Gasteiger partial charge in [0.25, 0.3) is 0 Å². The molecule has 0 aliphatic heterocycles. The van der Waals surface area contributed by atoms with Crippen molar-refractivity contribution in [2.75, 3.05) is 5.32 Å². The van der Waals surface area contributed by atoms with Crippen molar-refractivity contribution in [3.63, 3.8) is 0 Å². The molecule has 2 N–H and O–H groups in total. The Hall–Kier alpha value is -1.65. The monoisotopic (exact) mass is 291 g/mol. The number of aromatic nitrogens is 1. The number of anilines is 1. The highest BCUT2D eigenvalue weighted by Crippen LogP contribution is 2.12. The minimum Gasteiger partial charge on any atom is -0.356 e. The van der Waals surface area contributed by atoms with Crippen LogP contribution in [-0.2, 0) is 0 Å². The van der Waals surface area contributed by atoms with Crippen LogP contribution in [0.1, 0.15) is 18.5 Å². The van der Waals surface area contributed by atoms with Crippen LogP contribution in [0, 0.1) is 0 Å². The van der Waals surface area contributed by atoms with Crippen LogP contribution in [0.5, 0.6) is 0 Å². The standard InChI is InChI=1S/C14H14ClN3S/c1-10(11-5-3-2-4-6-11)17-14(19)18-13-8-7-12(15)9-16-13/h2-10H,1H3,(H2,16,17,18,19)/t10-/m1/s1. The molecule has 3 nitrogen and oxygen atoms in total. The Labute approximate surface area is 123 Å². The smallest absolute Gasteiger partial charge is 0.172 e.